The lowest BCUT2D eigenvalue weighted by molar-refractivity contribution is 0.0893. The van der Waals surface area contributed by atoms with E-state index in [1.54, 1.807) is 12.3 Å². The number of carbonyl (C=O) groups is 1. The molecule has 2 aromatic rings. The van der Waals surface area contributed by atoms with Gasteiger partial charge in [0, 0.05) is 6.20 Å². The van der Waals surface area contributed by atoms with Gasteiger partial charge in [-0.2, -0.15) is 0 Å². The Balaban J connectivity index is 1.66. The Morgan fingerprint density at radius 2 is 1.87 bits per heavy atom. The van der Waals surface area contributed by atoms with Crippen molar-refractivity contribution >= 4 is 5.91 Å². The molecule has 0 atom stereocenters. The normalized spacial score (nSPS) is 18.6. The molecule has 0 saturated heterocycles. The number of fused-ring (bicyclic) bond motifs is 1. The second kappa shape index (κ2) is 5.65. The van der Waals surface area contributed by atoms with E-state index in [0.29, 0.717) is 18.9 Å². The molecule has 0 radical (unpaired) electrons. The molecule has 120 valence electrons. The monoisotopic (exact) mass is 312 g/mol. The number of aromatic amines is 1. The largest absolute Gasteiger partial charge is 0.486 e. The Hall–Kier alpha value is -2.43. The molecule has 1 fully saturated rings. The van der Waals surface area contributed by atoms with Gasteiger partial charge in [-0.3, -0.25) is 4.79 Å². The van der Waals surface area contributed by atoms with Crippen LogP contribution in [0.15, 0.2) is 36.5 Å². The van der Waals surface area contributed by atoms with E-state index in [1.165, 1.54) is 0 Å². The zero-order chi connectivity index (χ0) is 15.7. The molecule has 23 heavy (non-hydrogen) atoms. The maximum Gasteiger partial charge on any atom is 0.268 e. The van der Waals surface area contributed by atoms with Crippen LogP contribution in [-0.4, -0.2) is 24.1 Å². The van der Waals surface area contributed by atoms with Crippen molar-refractivity contribution in [2.45, 2.75) is 31.2 Å². The van der Waals surface area contributed by atoms with Crippen molar-refractivity contribution in [3.63, 3.8) is 0 Å². The van der Waals surface area contributed by atoms with Crippen molar-refractivity contribution in [2.75, 3.05) is 13.2 Å². The SMILES string of the molecule is O=C(NC1(c2ccc3c(c2)OCCO3)CCCC1)c1ccc[nH]1. The summed E-state index contributed by atoms with van der Waals surface area (Å²) in [6.45, 7) is 1.15. The first-order valence-corrected chi connectivity index (χ1v) is 8.13. The third-order valence-electron chi connectivity index (χ3n) is 4.75. The summed E-state index contributed by atoms with van der Waals surface area (Å²) in [5, 5.41) is 3.25. The van der Waals surface area contributed by atoms with Crippen LogP contribution in [-0.2, 0) is 5.54 Å². The highest BCUT2D eigenvalue weighted by atomic mass is 16.6. The Kier molecular flexibility index (Phi) is 3.48. The van der Waals surface area contributed by atoms with Crippen molar-refractivity contribution in [2.24, 2.45) is 0 Å². The minimum absolute atomic E-state index is 0.0632. The molecule has 1 amide bonds. The van der Waals surface area contributed by atoms with Crippen molar-refractivity contribution < 1.29 is 14.3 Å². The molecule has 0 unspecified atom stereocenters. The van der Waals surface area contributed by atoms with Gasteiger partial charge in [0.25, 0.3) is 5.91 Å². The van der Waals surface area contributed by atoms with Gasteiger partial charge < -0.3 is 19.8 Å². The number of hydrogen-bond donors (Lipinski definition) is 2. The van der Waals surface area contributed by atoms with Crippen molar-refractivity contribution in [3.05, 3.63) is 47.8 Å². The molecule has 2 aliphatic rings. The summed E-state index contributed by atoms with van der Waals surface area (Å²) in [6.07, 6.45) is 5.87. The fraction of sp³-hybridized carbons (Fsp3) is 0.389. The quantitative estimate of drug-likeness (QED) is 0.916. The van der Waals surface area contributed by atoms with Crippen LogP contribution >= 0.6 is 0 Å². The highest BCUT2D eigenvalue weighted by Gasteiger charge is 2.38. The standard InChI is InChI=1S/C18H20N2O3/c21-17(14-4-3-9-19-14)20-18(7-1-2-8-18)13-5-6-15-16(12-13)23-11-10-22-15/h3-6,9,12,19H,1-2,7-8,10-11H2,(H,20,21). The van der Waals surface area contributed by atoms with Gasteiger partial charge in [0.15, 0.2) is 11.5 Å². The van der Waals surface area contributed by atoms with E-state index in [0.717, 1.165) is 42.7 Å². The average molecular weight is 312 g/mol. The van der Waals surface area contributed by atoms with Gasteiger partial charge in [0.2, 0.25) is 0 Å². The van der Waals surface area contributed by atoms with E-state index in [2.05, 4.69) is 10.3 Å². The third-order valence-corrected chi connectivity index (χ3v) is 4.75. The number of rotatable bonds is 3. The fourth-order valence-corrected chi connectivity index (χ4v) is 3.56. The average Bonchev–Trinajstić information content (AvgIpc) is 3.27. The van der Waals surface area contributed by atoms with Crippen LogP contribution in [0, 0.1) is 0 Å². The molecule has 5 heteroatoms. The van der Waals surface area contributed by atoms with Gasteiger partial charge in [-0.05, 0) is 42.7 Å². The minimum Gasteiger partial charge on any atom is -0.486 e. The van der Waals surface area contributed by atoms with Gasteiger partial charge in [-0.15, -0.1) is 0 Å². The predicted molar refractivity (Wildman–Crippen MR) is 85.8 cm³/mol. The van der Waals surface area contributed by atoms with Gasteiger partial charge in [-0.1, -0.05) is 18.9 Å². The second-order valence-electron chi connectivity index (χ2n) is 6.19. The number of carbonyl (C=O) groups excluding carboxylic acids is 1. The first-order valence-electron chi connectivity index (χ1n) is 8.13. The fourth-order valence-electron chi connectivity index (χ4n) is 3.56. The minimum atomic E-state index is -0.321. The molecule has 1 aliphatic carbocycles. The Morgan fingerprint density at radius 1 is 1.09 bits per heavy atom. The first-order chi connectivity index (χ1) is 11.3. The maximum absolute atomic E-state index is 12.5. The molecule has 0 spiro atoms. The molecular formula is C18H20N2O3. The lowest BCUT2D eigenvalue weighted by Gasteiger charge is -2.32. The van der Waals surface area contributed by atoms with Crippen molar-refractivity contribution in [1.29, 1.82) is 0 Å². The van der Waals surface area contributed by atoms with Crippen LogP contribution in [0.25, 0.3) is 0 Å². The zero-order valence-corrected chi connectivity index (χ0v) is 12.9. The lowest BCUT2D eigenvalue weighted by Crippen LogP contribution is -2.44. The summed E-state index contributed by atoms with van der Waals surface area (Å²) < 4.78 is 11.3. The number of nitrogens with one attached hydrogen (secondary N) is 2. The third kappa shape index (κ3) is 2.56. The first kappa shape index (κ1) is 14.2. The van der Waals surface area contributed by atoms with E-state index in [-0.39, 0.29) is 11.4 Å². The summed E-state index contributed by atoms with van der Waals surface area (Å²) in [7, 11) is 0. The van der Waals surface area contributed by atoms with E-state index < -0.39 is 0 Å². The molecule has 2 N–H and O–H groups in total. The topological polar surface area (TPSA) is 63.4 Å². The Labute approximate surface area is 135 Å². The number of aromatic nitrogens is 1. The number of benzene rings is 1. The molecule has 1 aromatic carbocycles. The van der Waals surface area contributed by atoms with Crippen LogP contribution < -0.4 is 14.8 Å². The number of hydrogen-bond acceptors (Lipinski definition) is 3. The lowest BCUT2D eigenvalue weighted by atomic mass is 9.87. The van der Waals surface area contributed by atoms with Crippen molar-refractivity contribution in [1.82, 2.24) is 10.3 Å². The number of ether oxygens (including phenoxy) is 2. The molecule has 5 nitrogen and oxygen atoms in total. The highest BCUT2D eigenvalue weighted by Crippen LogP contribution is 2.42. The Morgan fingerprint density at radius 3 is 2.61 bits per heavy atom. The summed E-state index contributed by atoms with van der Waals surface area (Å²) in [6, 6.07) is 9.65. The summed E-state index contributed by atoms with van der Waals surface area (Å²) in [5.74, 6) is 1.49. The highest BCUT2D eigenvalue weighted by molar-refractivity contribution is 5.93. The summed E-state index contributed by atoms with van der Waals surface area (Å²) in [4.78, 5) is 15.5. The van der Waals surface area contributed by atoms with E-state index in [9.17, 15) is 4.79 Å². The molecule has 0 bridgehead atoms. The molecule has 2 heterocycles. The summed E-state index contributed by atoms with van der Waals surface area (Å²) in [5.41, 5.74) is 1.37. The maximum atomic E-state index is 12.5. The van der Waals surface area contributed by atoms with Crippen LogP contribution in [0.4, 0.5) is 0 Å². The molecule has 4 rings (SSSR count). The molecule has 1 saturated carbocycles. The van der Waals surface area contributed by atoms with Gasteiger partial charge >= 0.3 is 0 Å². The van der Waals surface area contributed by atoms with Crippen LogP contribution in [0.1, 0.15) is 41.7 Å². The van der Waals surface area contributed by atoms with Gasteiger partial charge in [0.05, 0.1) is 5.54 Å². The van der Waals surface area contributed by atoms with E-state index in [1.807, 2.05) is 24.3 Å². The zero-order valence-electron chi connectivity index (χ0n) is 12.9. The smallest absolute Gasteiger partial charge is 0.268 e. The van der Waals surface area contributed by atoms with Crippen LogP contribution in [0.2, 0.25) is 0 Å². The van der Waals surface area contributed by atoms with Crippen LogP contribution in [0.5, 0.6) is 11.5 Å². The molecule has 1 aliphatic heterocycles. The van der Waals surface area contributed by atoms with E-state index in [4.69, 9.17) is 9.47 Å². The van der Waals surface area contributed by atoms with Crippen molar-refractivity contribution in [3.8, 4) is 11.5 Å². The Bertz CT molecular complexity index is 703. The van der Waals surface area contributed by atoms with E-state index >= 15 is 0 Å². The van der Waals surface area contributed by atoms with Crippen LogP contribution in [0.3, 0.4) is 0 Å². The summed E-state index contributed by atoms with van der Waals surface area (Å²) >= 11 is 0. The predicted octanol–water partition coefficient (Wildman–Crippen LogP) is 2.99. The molecule has 1 aromatic heterocycles. The number of amides is 1. The van der Waals surface area contributed by atoms with Gasteiger partial charge in [-0.25, -0.2) is 0 Å². The van der Waals surface area contributed by atoms with Gasteiger partial charge in [0.1, 0.15) is 18.9 Å². The second-order valence-corrected chi connectivity index (χ2v) is 6.19. The number of H-pyrrole nitrogens is 1. The molecular weight excluding hydrogens is 292 g/mol.